The number of amides is 1. The average Bonchev–Trinajstić information content (AvgIpc) is 2.72. The zero-order chi connectivity index (χ0) is 13.7. The summed E-state index contributed by atoms with van der Waals surface area (Å²) >= 11 is 0. The number of ether oxygens (including phenoxy) is 1. The Hall–Kier alpha value is -0.610. The molecular weight excluding hydrogens is 240 g/mol. The fraction of sp³-hybridized carbons (Fsp3) is 0.933. The number of rotatable bonds is 6. The average molecular weight is 268 g/mol. The van der Waals surface area contributed by atoms with Gasteiger partial charge in [0.1, 0.15) is 0 Å². The monoisotopic (exact) mass is 268 g/mol. The molecule has 0 aromatic heterocycles. The van der Waals surface area contributed by atoms with Crippen LogP contribution >= 0.6 is 0 Å². The molecule has 0 radical (unpaired) electrons. The Bertz CT molecular complexity index is 296. The van der Waals surface area contributed by atoms with Crippen LogP contribution in [0.25, 0.3) is 0 Å². The molecule has 1 aliphatic carbocycles. The minimum absolute atomic E-state index is 0.175. The summed E-state index contributed by atoms with van der Waals surface area (Å²) in [5, 5.41) is 3.00. The number of carbonyl (C=O) groups is 1. The van der Waals surface area contributed by atoms with Gasteiger partial charge >= 0.3 is 0 Å². The predicted octanol–water partition coefficient (Wildman–Crippen LogP) is 1.79. The number of hydrogen-bond donors (Lipinski definition) is 1. The summed E-state index contributed by atoms with van der Waals surface area (Å²) in [6.45, 7) is 4.29. The number of carbonyl (C=O) groups excluding carboxylic acids is 1. The third kappa shape index (κ3) is 3.93. The first kappa shape index (κ1) is 14.8. The molecule has 1 aliphatic heterocycles. The van der Waals surface area contributed by atoms with Gasteiger partial charge in [0.2, 0.25) is 5.91 Å². The second-order valence-corrected chi connectivity index (χ2v) is 6.07. The fourth-order valence-electron chi connectivity index (χ4n) is 3.74. The number of hydrogen-bond acceptors (Lipinski definition) is 3. The van der Waals surface area contributed by atoms with Crippen molar-refractivity contribution in [1.82, 2.24) is 10.2 Å². The number of nitrogens with zero attached hydrogens (tertiary/aromatic N) is 1. The summed E-state index contributed by atoms with van der Waals surface area (Å²) in [5.74, 6) is 1.01. The van der Waals surface area contributed by atoms with Crippen molar-refractivity contribution in [2.45, 2.75) is 57.5 Å². The molecule has 4 heteroatoms. The minimum atomic E-state index is 0.175. The highest BCUT2D eigenvalue weighted by Crippen LogP contribution is 2.39. The molecule has 1 N–H and O–H groups in total. The molecule has 110 valence electrons. The van der Waals surface area contributed by atoms with Crippen LogP contribution in [0.1, 0.15) is 45.4 Å². The van der Waals surface area contributed by atoms with Crippen LogP contribution in [0.3, 0.4) is 0 Å². The van der Waals surface area contributed by atoms with Gasteiger partial charge in [-0.1, -0.05) is 12.8 Å². The molecule has 3 unspecified atom stereocenters. The summed E-state index contributed by atoms with van der Waals surface area (Å²) < 4.78 is 4.98. The predicted molar refractivity (Wildman–Crippen MR) is 76.0 cm³/mol. The van der Waals surface area contributed by atoms with Gasteiger partial charge < -0.3 is 10.1 Å². The molecule has 19 heavy (non-hydrogen) atoms. The lowest BCUT2D eigenvalue weighted by atomic mass is 9.85. The number of fused-ring (bicyclic) bond motifs is 1. The van der Waals surface area contributed by atoms with Crippen molar-refractivity contribution in [2.24, 2.45) is 5.92 Å². The lowest BCUT2D eigenvalue weighted by Crippen LogP contribution is -2.44. The smallest absolute Gasteiger partial charge is 0.234 e. The fourth-order valence-corrected chi connectivity index (χ4v) is 3.74. The number of nitrogens with one attached hydrogen (secondary N) is 1. The van der Waals surface area contributed by atoms with Crippen LogP contribution in [0, 0.1) is 5.92 Å². The maximum atomic E-state index is 12.0. The lowest BCUT2D eigenvalue weighted by Gasteiger charge is -2.32. The molecule has 1 saturated heterocycles. The summed E-state index contributed by atoms with van der Waals surface area (Å²) in [7, 11) is 1.69. The van der Waals surface area contributed by atoms with Gasteiger partial charge in [-0.15, -0.1) is 0 Å². The standard InChI is InChI=1S/C15H28N2O2/c1-12-10-13-6-3-4-7-14(13)17(12)11-15(18)16-8-5-9-19-2/h12-14H,3-11H2,1-2H3,(H,16,18). The molecule has 2 aliphatic rings. The molecule has 0 spiro atoms. The second kappa shape index (κ2) is 7.25. The Morgan fingerprint density at radius 2 is 2.16 bits per heavy atom. The molecule has 4 nitrogen and oxygen atoms in total. The molecule has 2 fully saturated rings. The van der Waals surface area contributed by atoms with E-state index in [4.69, 9.17) is 4.74 Å². The third-order valence-corrected chi connectivity index (χ3v) is 4.68. The van der Waals surface area contributed by atoms with E-state index in [-0.39, 0.29) is 5.91 Å². The van der Waals surface area contributed by atoms with Crippen molar-refractivity contribution in [3.63, 3.8) is 0 Å². The molecule has 0 aromatic rings. The number of likely N-dealkylation sites (tertiary alicyclic amines) is 1. The highest BCUT2D eigenvalue weighted by molar-refractivity contribution is 5.78. The first-order valence-electron chi connectivity index (χ1n) is 7.73. The largest absolute Gasteiger partial charge is 0.385 e. The molecule has 0 bridgehead atoms. The summed E-state index contributed by atoms with van der Waals surface area (Å²) in [6, 6.07) is 1.23. The zero-order valence-electron chi connectivity index (χ0n) is 12.4. The zero-order valence-corrected chi connectivity index (χ0v) is 12.4. The van der Waals surface area contributed by atoms with E-state index < -0.39 is 0 Å². The van der Waals surface area contributed by atoms with Crippen LogP contribution in [-0.4, -0.2) is 49.7 Å². The lowest BCUT2D eigenvalue weighted by molar-refractivity contribution is -0.123. The first-order chi connectivity index (χ1) is 9.22. The van der Waals surface area contributed by atoms with Crippen LogP contribution in [-0.2, 0) is 9.53 Å². The molecule has 1 saturated carbocycles. The quantitative estimate of drug-likeness (QED) is 0.747. The maximum Gasteiger partial charge on any atom is 0.234 e. The van der Waals surface area contributed by atoms with Crippen LogP contribution in [0.5, 0.6) is 0 Å². The van der Waals surface area contributed by atoms with E-state index in [1.165, 1.54) is 32.1 Å². The SMILES string of the molecule is COCCCNC(=O)CN1C(C)CC2CCCCC21. The molecule has 1 amide bonds. The Labute approximate surface area is 116 Å². The minimum Gasteiger partial charge on any atom is -0.385 e. The summed E-state index contributed by atoms with van der Waals surface area (Å²) in [6.07, 6.45) is 7.53. The van der Waals surface area contributed by atoms with Gasteiger partial charge in [-0.25, -0.2) is 0 Å². The van der Waals surface area contributed by atoms with Gasteiger partial charge in [0.25, 0.3) is 0 Å². The summed E-state index contributed by atoms with van der Waals surface area (Å²) in [5.41, 5.74) is 0. The van der Waals surface area contributed by atoms with Gasteiger partial charge in [0, 0.05) is 32.3 Å². The van der Waals surface area contributed by atoms with E-state index in [0.717, 1.165) is 18.9 Å². The normalized spacial score (nSPS) is 31.2. The Morgan fingerprint density at radius 3 is 2.95 bits per heavy atom. The Kier molecular flexibility index (Phi) is 5.64. The highest BCUT2D eigenvalue weighted by atomic mass is 16.5. The first-order valence-corrected chi connectivity index (χ1v) is 7.73. The molecule has 1 heterocycles. The second-order valence-electron chi connectivity index (χ2n) is 6.07. The topological polar surface area (TPSA) is 41.6 Å². The molecule has 0 aromatic carbocycles. The van der Waals surface area contributed by atoms with Crippen molar-refractivity contribution >= 4 is 5.91 Å². The molecule has 2 rings (SSSR count). The van der Waals surface area contributed by atoms with Gasteiger partial charge in [0.15, 0.2) is 0 Å². The van der Waals surface area contributed by atoms with E-state index in [1.807, 2.05) is 0 Å². The van der Waals surface area contributed by atoms with E-state index in [9.17, 15) is 4.79 Å². The molecular formula is C15H28N2O2. The Balaban J connectivity index is 1.76. The van der Waals surface area contributed by atoms with Crippen LogP contribution in [0.15, 0.2) is 0 Å². The van der Waals surface area contributed by atoms with Crippen LogP contribution in [0.2, 0.25) is 0 Å². The van der Waals surface area contributed by atoms with Gasteiger partial charge in [-0.2, -0.15) is 0 Å². The van der Waals surface area contributed by atoms with E-state index >= 15 is 0 Å². The maximum absolute atomic E-state index is 12.0. The molecule has 3 atom stereocenters. The van der Waals surface area contributed by atoms with E-state index in [2.05, 4.69) is 17.1 Å². The van der Waals surface area contributed by atoms with Gasteiger partial charge in [0.05, 0.1) is 6.54 Å². The van der Waals surface area contributed by atoms with Crippen molar-refractivity contribution < 1.29 is 9.53 Å². The Morgan fingerprint density at radius 1 is 1.37 bits per heavy atom. The van der Waals surface area contributed by atoms with Crippen molar-refractivity contribution in [2.75, 3.05) is 26.8 Å². The van der Waals surface area contributed by atoms with Gasteiger partial charge in [-0.3, -0.25) is 9.69 Å². The van der Waals surface area contributed by atoms with Crippen molar-refractivity contribution in [1.29, 1.82) is 0 Å². The van der Waals surface area contributed by atoms with Gasteiger partial charge in [-0.05, 0) is 38.5 Å². The van der Waals surface area contributed by atoms with Crippen molar-refractivity contribution in [3.8, 4) is 0 Å². The van der Waals surface area contributed by atoms with Crippen molar-refractivity contribution in [3.05, 3.63) is 0 Å². The number of methoxy groups -OCH3 is 1. The van der Waals surface area contributed by atoms with Crippen LogP contribution in [0.4, 0.5) is 0 Å². The third-order valence-electron chi connectivity index (χ3n) is 4.68. The highest BCUT2D eigenvalue weighted by Gasteiger charge is 2.40. The van der Waals surface area contributed by atoms with E-state index in [0.29, 0.717) is 25.2 Å². The van der Waals surface area contributed by atoms with E-state index in [1.54, 1.807) is 7.11 Å². The van der Waals surface area contributed by atoms with Crippen LogP contribution < -0.4 is 5.32 Å². The summed E-state index contributed by atoms with van der Waals surface area (Å²) in [4.78, 5) is 14.4.